The Balaban J connectivity index is 2.36. The highest BCUT2D eigenvalue weighted by Gasteiger charge is 2.06. The predicted octanol–water partition coefficient (Wildman–Crippen LogP) is 3.63. The Morgan fingerprint density at radius 1 is 1.05 bits per heavy atom. The molecule has 0 saturated heterocycles. The zero-order chi connectivity index (χ0) is 14.1. The molecule has 0 saturated carbocycles. The topological polar surface area (TPSA) is 27.7 Å². The second kappa shape index (κ2) is 8.94. The van der Waals surface area contributed by atoms with E-state index in [0.29, 0.717) is 25.7 Å². The minimum Gasteiger partial charge on any atom is -0.488 e. The highest BCUT2D eigenvalue weighted by molar-refractivity contribution is 5.29. The van der Waals surface area contributed by atoms with E-state index in [0.717, 1.165) is 12.2 Å². The second-order valence-corrected chi connectivity index (χ2v) is 4.87. The summed E-state index contributed by atoms with van der Waals surface area (Å²) in [5.74, 6) is 1.50. The fourth-order valence-corrected chi connectivity index (χ4v) is 1.77. The molecule has 0 amide bonds. The lowest BCUT2D eigenvalue weighted by atomic mass is 9.99. The molecule has 0 radical (unpaired) electrons. The van der Waals surface area contributed by atoms with Crippen molar-refractivity contribution in [3.05, 3.63) is 29.8 Å². The van der Waals surface area contributed by atoms with E-state index in [1.54, 1.807) is 7.11 Å². The van der Waals surface area contributed by atoms with E-state index in [-0.39, 0.29) is 6.10 Å². The fourth-order valence-electron chi connectivity index (χ4n) is 1.77. The van der Waals surface area contributed by atoms with E-state index in [9.17, 15) is 0 Å². The maximum atomic E-state index is 5.80. The second-order valence-electron chi connectivity index (χ2n) is 4.87. The third kappa shape index (κ3) is 6.08. The summed E-state index contributed by atoms with van der Waals surface area (Å²) < 4.78 is 16.2. The van der Waals surface area contributed by atoms with Gasteiger partial charge in [-0.25, -0.2) is 0 Å². The lowest BCUT2D eigenvalue weighted by molar-refractivity contribution is 0.0286. The van der Waals surface area contributed by atoms with E-state index >= 15 is 0 Å². The van der Waals surface area contributed by atoms with E-state index < -0.39 is 0 Å². The third-order valence-corrected chi connectivity index (χ3v) is 3.18. The molecule has 0 fully saturated rings. The molecule has 19 heavy (non-hydrogen) atoms. The molecule has 108 valence electrons. The van der Waals surface area contributed by atoms with Crippen molar-refractivity contribution in [2.24, 2.45) is 0 Å². The van der Waals surface area contributed by atoms with Crippen molar-refractivity contribution in [3.8, 4) is 5.75 Å². The first-order valence-electron chi connectivity index (χ1n) is 7.00. The van der Waals surface area contributed by atoms with Crippen LogP contribution in [0.1, 0.15) is 38.7 Å². The van der Waals surface area contributed by atoms with Gasteiger partial charge in [0.05, 0.1) is 19.8 Å². The maximum absolute atomic E-state index is 5.80. The number of hydrogen-bond acceptors (Lipinski definition) is 3. The Labute approximate surface area is 116 Å². The van der Waals surface area contributed by atoms with Crippen molar-refractivity contribution in [3.63, 3.8) is 0 Å². The molecular formula is C16H26O3. The van der Waals surface area contributed by atoms with Crippen LogP contribution in [0.5, 0.6) is 5.75 Å². The van der Waals surface area contributed by atoms with Crippen molar-refractivity contribution < 1.29 is 14.2 Å². The van der Waals surface area contributed by atoms with Gasteiger partial charge in [0, 0.05) is 7.11 Å². The molecule has 0 heterocycles. The number of hydrogen-bond donors (Lipinski definition) is 0. The molecule has 0 aliphatic carbocycles. The predicted molar refractivity (Wildman–Crippen MR) is 77.9 cm³/mol. The molecule has 3 heteroatoms. The molecule has 1 aromatic carbocycles. The molecule has 0 aliphatic heterocycles. The van der Waals surface area contributed by atoms with Gasteiger partial charge in [0.15, 0.2) is 0 Å². The SMILES string of the molecule is CCC(C)c1ccc(OC(C)COCCOC)cc1. The van der Waals surface area contributed by atoms with Crippen molar-refractivity contribution in [1.29, 1.82) is 0 Å². The molecule has 1 aromatic rings. The summed E-state index contributed by atoms with van der Waals surface area (Å²) in [7, 11) is 1.67. The van der Waals surface area contributed by atoms with Gasteiger partial charge >= 0.3 is 0 Å². The summed E-state index contributed by atoms with van der Waals surface area (Å²) in [5.41, 5.74) is 1.36. The van der Waals surface area contributed by atoms with Gasteiger partial charge in [0.1, 0.15) is 11.9 Å². The summed E-state index contributed by atoms with van der Waals surface area (Å²) in [6.07, 6.45) is 1.20. The van der Waals surface area contributed by atoms with Crippen LogP contribution in [0, 0.1) is 0 Å². The molecule has 3 nitrogen and oxygen atoms in total. The lowest BCUT2D eigenvalue weighted by Crippen LogP contribution is -2.20. The van der Waals surface area contributed by atoms with Gasteiger partial charge in [-0.3, -0.25) is 0 Å². The van der Waals surface area contributed by atoms with Crippen LogP contribution < -0.4 is 4.74 Å². The molecule has 2 atom stereocenters. The van der Waals surface area contributed by atoms with Gasteiger partial charge < -0.3 is 14.2 Å². The largest absolute Gasteiger partial charge is 0.488 e. The van der Waals surface area contributed by atoms with Gasteiger partial charge in [-0.05, 0) is 37.0 Å². The quantitative estimate of drug-likeness (QED) is 0.639. The Morgan fingerprint density at radius 2 is 1.74 bits per heavy atom. The maximum Gasteiger partial charge on any atom is 0.119 e. The molecule has 0 aliphatic rings. The summed E-state index contributed by atoms with van der Waals surface area (Å²) >= 11 is 0. The first-order chi connectivity index (χ1) is 9.17. The molecule has 0 spiro atoms. The number of benzene rings is 1. The Hall–Kier alpha value is -1.06. The van der Waals surface area contributed by atoms with Gasteiger partial charge in [-0.15, -0.1) is 0 Å². The van der Waals surface area contributed by atoms with E-state index in [4.69, 9.17) is 14.2 Å². The van der Waals surface area contributed by atoms with E-state index in [1.807, 2.05) is 19.1 Å². The van der Waals surface area contributed by atoms with Crippen LogP contribution in [-0.2, 0) is 9.47 Å². The summed E-state index contributed by atoms with van der Waals surface area (Å²) in [5, 5.41) is 0. The Morgan fingerprint density at radius 3 is 2.32 bits per heavy atom. The Kier molecular flexibility index (Phi) is 7.53. The number of ether oxygens (including phenoxy) is 3. The third-order valence-electron chi connectivity index (χ3n) is 3.18. The molecule has 0 N–H and O–H groups in total. The standard InChI is InChI=1S/C16H26O3/c1-5-13(2)15-6-8-16(9-7-15)19-14(3)12-18-11-10-17-4/h6-9,13-14H,5,10-12H2,1-4H3. The highest BCUT2D eigenvalue weighted by atomic mass is 16.5. The average molecular weight is 266 g/mol. The fraction of sp³-hybridized carbons (Fsp3) is 0.625. The van der Waals surface area contributed by atoms with Crippen LogP contribution in [-0.4, -0.2) is 33.0 Å². The molecular weight excluding hydrogens is 240 g/mol. The van der Waals surface area contributed by atoms with Crippen LogP contribution >= 0.6 is 0 Å². The van der Waals surface area contributed by atoms with Crippen LogP contribution in [0.3, 0.4) is 0 Å². The van der Waals surface area contributed by atoms with Gasteiger partial charge in [0.25, 0.3) is 0 Å². The molecule has 0 aromatic heterocycles. The summed E-state index contributed by atoms with van der Waals surface area (Å²) in [6, 6.07) is 8.35. The number of methoxy groups -OCH3 is 1. The zero-order valence-corrected chi connectivity index (χ0v) is 12.5. The van der Waals surface area contributed by atoms with Gasteiger partial charge in [0.2, 0.25) is 0 Å². The lowest BCUT2D eigenvalue weighted by Gasteiger charge is -2.16. The van der Waals surface area contributed by atoms with E-state index in [2.05, 4.69) is 26.0 Å². The minimum atomic E-state index is 0.0475. The number of rotatable bonds is 9. The Bertz CT molecular complexity index is 334. The zero-order valence-electron chi connectivity index (χ0n) is 12.5. The van der Waals surface area contributed by atoms with Crippen LogP contribution in [0.4, 0.5) is 0 Å². The van der Waals surface area contributed by atoms with Gasteiger partial charge in [-0.1, -0.05) is 26.0 Å². The normalized spacial score (nSPS) is 14.1. The van der Waals surface area contributed by atoms with Crippen LogP contribution in [0.2, 0.25) is 0 Å². The van der Waals surface area contributed by atoms with Crippen molar-refractivity contribution >= 4 is 0 Å². The smallest absolute Gasteiger partial charge is 0.119 e. The van der Waals surface area contributed by atoms with Crippen molar-refractivity contribution in [2.75, 3.05) is 26.9 Å². The van der Waals surface area contributed by atoms with Crippen LogP contribution in [0.15, 0.2) is 24.3 Å². The van der Waals surface area contributed by atoms with Gasteiger partial charge in [-0.2, -0.15) is 0 Å². The first-order valence-corrected chi connectivity index (χ1v) is 7.00. The highest BCUT2D eigenvalue weighted by Crippen LogP contribution is 2.22. The van der Waals surface area contributed by atoms with Crippen molar-refractivity contribution in [1.82, 2.24) is 0 Å². The molecule has 1 rings (SSSR count). The molecule has 0 bridgehead atoms. The average Bonchev–Trinajstić information content (AvgIpc) is 2.43. The summed E-state index contributed by atoms with van der Waals surface area (Å²) in [6.45, 7) is 8.26. The summed E-state index contributed by atoms with van der Waals surface area (Å²) in [4.78, 5) is 0. The van der Waals surface area contributed by atoms with E-state index in [1.165, 1.54) is 5.56 Å². The van der Waals surface area contributed by atoms with Crippen LogP contribution in [0.25, 0.3) is 0 Å². The monoisotopic (exact) mass is 266 g/mol. The van der Waals surface area contributed by atoms with Crippen molar-refractivity contribution in [2.45, 2.75) is 39.2 Å². The minimum absolute atomic E-state index is 0.0475. The first kappa shape index (κ1) is 16.0. The molecule has 2 unspecified atom stereocenters.